The summed E-state index contributed by atoms with van der Waals surface area (Å²) >= 11 is 0. The van der Waals surface area contributed by atoms with Crippen LogP contribution in [0.4, 0.5) is 11.4 Å². The Balaban J connectivity index is 1.97. The van der Waals surface area contributed by atoms with Crippen LogP contribution >= 0.6 is 0 Å². The summed E-state index contributed by atoms with van der Waals surface area (Å²) in [6, 6.07) is 11.0. The number of benzene rings is 2. The fraction of sp³-hybridized carbons (Fsp3) is 0.273. The highest BCUT2D eigenvalue weighted by molar-refractivity contribution is 5.98. The summed E-state index contributed by atoms with van der Waals surface area (Å²) < 4.78 is 11.0. The van der Waals surface area contributed by atoms with E-state index in [1.54, 1.807) is 24.3 Å². The second-order valence-electron chi connectivity index (χ2n) is 6.46. The Kier molecular flexibility index (Phi) is 8.56. The molecule has 0 fully saturated rings. The molecule has 2 rings (SSSR count). The number of non-ortho nitro benzene ring substituents is 1. The number of amides is 2. The van der Waals surface area contributed by atoms with E-state index >= 15 is 0 Å². The lowest BCUT2D eigenvalue weighted by Crippen LogP contribution is -2.33. The molecule has 2 aromatic rings. The summed E-state index contributed by atoms with van der Waals surface area (Å²) in [6.07, 6.45) is 2.72. The standard InChI is InChI=1S/C22H25N3O6/c1-4-30-19-11-10-17(14-20(19)31-5-2)23-21(26)15-24(3)22(27)12-9-16-7-6-8-18(13-16)25(28)29/h6-14H,4-5,15H2,1-3H3,(H,23,26)/b12-9+. The van der Waals surface area contributed by atoms with Crippen molar-refractivity contribution in [1.82, 2.24) is 4.90 Å². The fourth-order valence-electron chi connectivity index (χ4n) is 2.66. The first-order valence-electron chi connectivity index (χ1n) is 9.71. The Hall–Kier alpha value is -3.88. The van der Waals surface area contributed by atoms with Gasteiger partial charge in [0.15, 0.2) is 11.5 Å². The van der Waals surface area contributed by atoms with Crippen LogP contribution in [0.2, 0.25) is 0 Å². The minimum atomic E-state index is -0.506. The molecule has 0 bridgehead atoms. The molecule has 0 aromatic heterocycles. The van der Waals surface area contributed by atoms with Gasteiger partial charge in [-0.15, -0.1) is 0 Å². The number of rotatable bonds is 10. The van der Waals surface area contributed by atoms with Crippen molar-refractivity contribution in [3.8, 4) is 11.5 Å². The zero-order valence-electron chi connectivity index (χ0n) is 17.7. The summed E-state index contributed by atoms with van der Waals surface area (Å²) in [4.78, 5) is 36.1. The van der Waals surface area contributed by atoms with Gasteiger partial charge in [-0.25, -0.2) is 0 Å². The quantitative estimate of drug-likeness (QED) is 0.353. The lowest BCUT2D eigenvalue weighted by molar-refractivity contribution is -0.384. The first kappa shape index (κ1) is 23.4. The van der Waals surface area contributed by atoms with Gasteiger partial charge in [-0.2, -0.15) is 0 Å². The van der Waals surface area contributed by atoms with Gasteiger partial charge >= 0.3 is 0 Å². The third kappa shape index (κ3) is 7.14. The molecule has 2 amide bonds. The summed E-state index contributed by atoms with van der Waals surface area (Å²) in [5, 5.41) is 13.5. The number of nitrogens with zero attached hydrogens (tertiary/aromatic N) is 2. The molecule has 31 heavy (non-hydrogen) atoms. The molecule has 0 aliphatic carbocycles. The molecular weight excluding hydrogens is 402 g/mol. The molecule has 0 spiro atoms. The Morgan fingerprint density at radius 3 is 2.48 bits per heavy atom. The maximum Gasteiger partial charge on any atom is 0.270 e. The highest BCUT2D eigenvalue weighted by atomic mass is 16.6. The molecule has 9 heteroatoms. The number of nitro benzene ring substituents is 1. The summed E-state index contributed by atoms with van der Waals surface area (Å²) in [5.74, 6) is 0.307. The summed E-state index contributed by atoms with van der Waals surface area (Å²) in [5.41, 5.74) is 0.965. The van der Waals surface area contributed by atoms with Crippen molar-refractivity contribution in [2.45, 2.75) is 13.8 Å². The minimum Gasteiger partial charge on any atom is -0.490 e. The van der Waals surface area contributed by atoms with E-state index in [-0.39, 0.29) is 18.1 Å². The van der Waals surface area contributed by atoms with Gasteiger partial charge in [0.2, 0.25) is 11.8 Å². The Bertz CT molecular complexity index is 973. The van der Waals surface area contributed by atoms with E-state index < -0.39 is 10.8 Å². The van der Waals surface area contributed by atoms with E-state index in [4.69, 9.17) is 9.47 Å². The van der Waals surface area contributed by atoms with Crippen LogP contribution in [0.15, 0.2) is 48.5 Å². The lowest BCUT2D eigenvalue weighted by Gasteiger charge is -2.16. The molecule has 1 N–H and O–H groups in total. The molecule has 164 valence electrons. The summed E-state index contributed by atoms with van der Waals surface area (Å²) in [7, 11) is 1.49. The van der Waals surface area contributed by atoms with Crippen molar-refractivity contribution in [2.75, 3.05) is 32.1 Å². The zero-order chi connectivity index (χ0) is 22.8. The Morgan fingerprint density at radius 1 is 1.10 bits per heavy atom. The number of hydrogen-bond donors (Lipinski definition) is 1. The van der Waals surface area contributed by atoms with Gasteiger partial charge in [0.25, 0.3) is 5.69 Å². The number of carbonyl (C=O) groups excluding carboxylic acids is 2. The van der Waals surface area contributed by atoms with Crippen LogP contribution in [0.25, 0.3) is 6.08 Å². The Morgan fingerprint density at radius 2 is 1.81 bits per heavy atom. The number of carbonyl (C=O) groups is 2. The third-order valence-electron chi connectivity index (χ3n) is 4.08. The lowest BCUT2D eigenvalue weighted by atomic mass is 10.2. The predicted molar refractivity (Wildman–Crippen MR) is 117 cm³/mol. The van der Waals surface area contributed by atoms with Crippen molar-refractivity contribution in [3.05, 3.63) is 64.2 Å². The van der Waals surface area contributed by atoms with Crippen molar-refractivity contribution in [2.24, 2.45) is 0 Å². The number of nitrogens with one attached hydrogen (secondary N) is 1. The minimum absolute atomic E-state index is 0.0656. The van der Waals surface area contributed by atoms with Crippen LogP contribution in [0.1, 0.15) is 19.4 Å². The van der Waals surface area contributed by atoms with E-state index in [9.17, 15) is 19.7 Å². The SMILES string of the molecule is CCOc1ccc(NC(=O)CN(C)C(=O)/C=C/c2cccc([N+](=O)[O-])c2)cc1OCC. The average Bonchev–Trinajstić information content (AvgIpc) is 2.74. The molecular formula is C22H25N3O6. The second kappa shape index (κ2) is 11.3. The van der Waals surface area contributed by atoms with Crippen molar-refractivity contribution >= 4 is 29.3 Å². The molecule has 2 aromatic carbocycles. The van der Waals surface area contributed by atoms with Crippen LogP contribution < -0.4 is 14.8 Å². The van der Waals surface area contributed by atoms with Crippen LogP contribution in [0.5, 0.6) is 11.5 Å². The Labute approximate surface area is 180 Å². The van der Waals surface area contributed by atoms with Gasteiger partial charge in [0.1, 0.15) is 0 Å². The van der Waals surface area contributed by atoms with Gasteiger partial charge in [0.05, 0.1) is 24.7 Å². The maximum absolute atomic E-state index is 12.3. The monoisotopic (exact) mass is 427 g/mol. The highest BCUT2D eigenvalue weighted by Crippen LogP contribution is 2.30. The molecule has 0 aliphatic heterocycles. The topological polar surface area (TPSA) is 111 Å². The first-order valence-corrected chi connectivity index (χ1v) is 9.71. The third-order valence-corrected chi connectivity index (χ3v) is 4.08. The number of anilines is 1. The number of nitro groups is 1. The number of ether oxygens (including phenoxy) is 2. The van der Waals surface area contributed by atoms with Gasteiger partial charge in [-0.1, -0.05) is 12.1 Å². The highest BCUT2D eigenvalue weighted by Gasteiger charge is 2.13. The fourth-order valence-corrected chi connectivity index (χ4v) is 2.66. The zero-order valence-corrected chi connectivity index (χ0v) is 17.7. The van der Waals surface area contributed by atoms with E-state index in [0.717, 1.165) is 0 Å². The molecule has 0 atom stereocenters. The van der Waals surface area contributed by atoms with Crippen LogP contribution in [-0.2, 0) is 9.59 Å². The van der Waals surface area contributed by atoms with Crippen LogP contribution in [0.3, 0.4) is 0 Å². The second-order valence-corrected chi connectivity index (χ2v) is 6.46. The van der Waals surface area contributed by atoms with Crippen LogP contribution in [0, 0.1) is 10.1 Å². The molecule has 0 aliphatic rings. The van der Waals surface area contributed by atoms with Crippen molar-refractivity contribution < 1.29 is 24.0 Å². The van der Waals surface area contributed by atoms with E-state index in [1.807, 2.05) is 13.8 Å². The normalized spacial score (nSPS) is 10.5. The average molecular weight is 427 g/mol. The van der Waals surface area contributed by atoms with Crippen LogP contribution in [-0.4, -0.2) is 48.4 Å². The van der Waals surface area contributed by atoms with Gasteiger partial charge in [0, 0.05) is 37.0 Å². The molecule has 0 heterocycles. The number of likely N-dealkylation sites (N-methyl/N-ethyl adjacent to an activating group) is 1. The largest absolute Gasteiger partial charge is 0.490 e. The summed E-state index contributed by atoms with van der Waals surface area (Å²) in [6.45, 7) is 4.48. The van der Waals surface area contributed by atoms with Gasteiger partial charge in [-0.05, 0) is 37.6 Å². The molecule has 0 unspecified atom stereocenters. The van der Waals surface area contributed by atoms with Gasteiger partial charge in [-0.3, -0.25) is 19.7 Å². The maximum atomic E-state index is 12.3. The molecule has 0 saturated carbocycles. The smallest absolute Gasteiger partial charge is 0.270 e. The van der Waals surface area contributed by atoms with E-state index in [2.05, 4.69) is 5.32 Å². The van der Waals surface area contributed by atoms with Gasteiger partial charge < -0.3 is 19.7 Å². The van der Waals surface area contributed by atoms with Crippen molar-refractivity contribution in [1.29, 1.82) is 0 Å². The number of hydrogen-bond acceptors (Lipinski definition) is 6. The molecule has 9 nitrogen and oxygen atoms in total. The molecule has 0 saturated heterocycles. The molecule has 0 radical (unpaired) electrons. The van der Waals surface area contributed by atoms with E-state index in [0.29, 0.717) is 36.0 Å². The first-order chi connectivity index (χ1) is 14.8. The van der Waals surface area contributed by atoms with E-state index in [1.165, 1.54) is 42.3 Å². The predicted octanol–water partition coefficient (Wildman–Crippen LogP) is 3.50. The van der Waals surface area contributed by atoms with Crippen molar-refractivity contribution in [3.63, 3.8) is 0 Å².